The Morgan fingerprint density at radius 3 is 2.58 bits per heavy atom. The molecule has 2 rings (SSSR count). The Kier molecular flexibility index (Phi) is 10.1. The summed E-state index contributed by atoms with van der Waals surface area (Å²) < 4.78 is 0. The number of guanidine groups is 1. The van der Waals surface area contributed by atoms with Crippen LogP contribution < -0.4 is 5.32 Å². The molecule has 1 fully saturated rings. The predicted molar refractivity (Wildman–Crippen MR) is 115 cm³/mol. The summed E-state index contributed by atoms with van der Waals surface area (Å²) in [6, 6.07) is 0. The third kappa shape index (κ3) is 7.23. The van der Waals surface area contributed by atoms with Crippen LogP contribution in [0.3, 0.4) is 0 Å². The molecule has 0 atom stereocenters. The number of hydrogen-bond acceptors (Lipinski definition) is 4. The Labute approximate surface area is 168 Å². The van der Waals surface area contributed by atoms with Crippen molar-refractivity contribution in [1.29, 1.82) is 0 Å². The second kappa shape index (κ2) is 11.3. The molecule has 1 aromatic heterocycles. The Balaban J connectivity index is 0.00000288. The van der Waals surface area contributed by atoms with E-state index in [0.717, 1.165) is 57.6 Å². The first-order chi connectivity index (χ1) is 11.1. The Morgan fingerprint density at radius 1 is 1.33 bits per heavy atom. The second-order valence-corrected chi connectivity index (χ2v) is 7.85. The minimum absolute atomic E-state index is 0. The van der Waals surface area contributed by atoms with Crippen LogP contribution in [0.25, 0.3) is 0 Å². The van der Waals surface area contributed by atoms with Crippen molar-refractivity contribution in [3.05, 3.63) is 16.1 Å². The summed E-state index contributed by atoms with van der Waals surface area (Å²) in [4.78, 5) is 15.5. The molecular formula is C17H32IN5S. The van der Waals surface area contributed by atoms with E-state index in [9.17, 15) is 0 Å². The van der Waals surface area contributed by atoms with Gasteiger partial charge in [0.25, 0.3) is 0 Å². The summed E-state index contributed by atoms with van der Waals surface area (Å²) in [5.41, 5.74) is 0. The zero-order chi connectivity index (χ0) is 16.7. The molecule has 0 radical (unpaired) electrons. The van der Waals surface area contributed by atoms with E-state index in [0.29, 0.717) is 0 Å². The van der Waals surface area contributed by atoms with Crippen molar-refractivity contribution >= 4 is 41.3 Å². The Bertz CT molecular complexity index is 495. The van der Waals surface area contributed by atoms with Gasteiger partial charge in [-0.25, -0.2) is 4.98 Å². The summed E-state index contributed by atoms with van der Waals surface area (Å²) in [7, 11) is 0. The molecule has 24 heavy (non-hydrogen) atoms. The molecule has 0 saturated carbocycles. The van der Waals surface area contributed by atoms with Crippen LogP contribution in [0.2, 0.25) is 0 Å². The number of nitrogens with zero attached hydrogens (tertiary/aromatic N) is 4. The first-order valence-electron chi connectivity index (χ1n) is 8.75. The lowest BCUT2D eigenvalue weighted by Gasteiger charge is -2.37. The number of rotatable bonds is 6. The number of thiazole rings is 1. The van der Waals surface area contributed by atoms with Crippen LogP contribution >= 0.6 is 35.3 Å². The molecule has 0 amide bonds. The summed E-state index contributed by atoms with van der Waals surface area (Å²) in [6.45, 7) is 16.1. The third-order valence-corrected chi connectivity index (χ3v) is 4.86. The monoisotopic (exact) mass is 465 g/mol. The first-order valence-corrected chi connectivity index (χ1v) is 9.57. The van der Waals surface area contributed by atoms with Gasteiger partial charge in [0.05, 0.1) is 5.01 Å². The van der Waals surface area contributed by atoms with Crippen LogP contribution in [-0.2, 0) is 6.42 Å². The minimum Gasteiger partial charge on any atom is -0.357 e. The molecule has 2 heterocycles. The molecule has 0 bridgehead atoms. The molecule has 0 spiro atoms. The zero-order valence-corrected chi connectivity index (χ0v) is 18.6. The van der Waals surface area contributed by atoms with Gasteiger partial charge < -0.3 is 10.2 Å². The number of aryl methyl sites for hydroxylation is 1. The van der Waals surface area contributed by atoms with Crippen LogP contribution in [0.15, 0.2) is 11.2 Å². The van der Waals surface area contributed by atoms with E-state index in [-0.39, 0.29) is 24.0 Å². The SMILES string of the molecule is CCNC(=NCCc1ncc(C)s1)N1CCN(CC(C)C)CC1.I. The van der Waals surface area contributed by atoms with Crippen LogP contribution in [-0.4, -0.2) is 66.6 Å². The van der Waals surface area contributed by atoms with E-state index in [1.54, 1.807) is 11.3 Å². The van der Waals surface area contributed by atoms with Gasteiger partial charge in [0.2, 0.25) is 0 Å². The molecule has 1 aliphatic rings. The van der Waals surface area contributed by atoms with Crippen LogP contribution in [0, 0.1) is 12.8 Å². The molecule has 1 aromatic rings. The maximum atomic E-state index is 4.81. The smallest absolute Gasteiger partial charge is 0.194 e. The molecular weight excluding hydrogens is 433 g/mol. The number of nitrogens with one attached hydrogen (secondary N) is 1. The molecule has 7 heteroatoms. The highest BCUT2D eigenvalue weighted by molar-refractivity contribution is 14.0. The lowest BCUT2D eigenvalue weighted by atomic mass is 10.2. The normalized spacial score (nSPS) is 16.4. The number of piperazine rings is 1. The first kappa shape index (κ1) is 21.6. The minimum atomic E-state index is 0. The van der Waals surface area contributed by atoms with Crippen LogP contribution in [0.1, 0.15) is 30.7 Å². The fourth-order valence-electron chi connectivity index (χ4n) is 2.86. The largest absolute Gasteiger partial charge is 0.357 e. The fraction of sp³-hybridized carbons (Fsp3) is 0.765. The van der Waals surface area contributed by atoms with Gasteiger partial charge in [-0.15, -0.1) is 35.3 Å². The molecule has 1 saturated heterocycles. The Morgan fingerprint density at radius 2 is 2.04 bits per heavy atom. The summed E-state index contributed by atoms with van der Waals surface area (Å²) in [5, 5.41) is 4.62. The second-order valence-electron chi connectivity index (χ2n) is 6.53. The fourth-order valence-corrected chi connectivity index (χ4v) is 3.63. The molecule has 0 unspecified atom stereocenters. The molecule has 0 aliphatic carbocycles. The predicted octanol–water partition coefficient (Wildman–Crippen LogP) is 2.85. The van der Waals surface area contributed by atoms with Crippen LogP contribution in [0.5, 0.6) is 0 Å². The molecule has 0 aromatic carbocycles. The summed E-state index contributed by atoms with van der Waals surface area (Å²) in [5.74, 6) is 1.80. The Hall–Kier alpha value is -0.410. The quantitative estimate of drug-likeness (QED) is 0.399. The van der Waals surface area contributed by atoms with Gasteiger partial charge in [-0.3, -0.25) is 9.89 Å². The van der Waals surface area contributed by atoms with Gasteiger partial charge in [0.15, 0.2) is 5.96 Å². The van der Waals surface area contributed by atoms with Gasteiger partial charge in [-0.05, 0) is 19.8 Å². The zero-order valence-electron chi connectivity index (χ0n) is 15.4. The lowest BCUT2D eigenvalue weighted by Crippen LogP contribution is -2.53. The van der Waals surface area contributed by atoms with E-state index in [1.807, 2.05) is 6.20 Å². The summed E-state index contributed by atoms with van der Waals surface area (Å²) >= 11 is 1.77. The molecule has 5 nitrogen and oxygen atoms in total. The maximum absolute atomic E-state index is 4.81. The summed E-state index contributed by atoms with van der Waals surface area (Å²) in [6.07, 6.45) is 2.88. The highest BCUT2D eigenvalue weighted by Gasteiger charge is 2.19. The topological polar surface area (TPSA) is 43.8 Å². The van der Waals surface area contributed by atoms with Gasteiger partial charge in [0.1, 0.15) is 0 Å². The van der Waals surface area contributed by atoms with Crippen molar-refractivity contribution in [3.63, 3.8) is 0 Å². The van der Waals surface area contributed by atoms with E-state index in [4.69, 9.17) is 4.99 Å². The van der Waals surface area contributed by atoms with Crippen molar-refractivity contribution < 1.29 is 0 Å². The van der Waals surface area contributed by atoms with Gasteiger partial charge in [-0.1, -0.05) is 13.8 Å². The maximum Gasteiger partial charge on any atom is 0.194 e. The van der Waals surface area contributed by atoms with Crippen molar-refractivity contribution in [3.8, 4) is 0 Å². The average molecular weight is 465 g/mol. The van der Waals surface area contributed by atoms with Crippen LogP contribution in [0.4, 0.5) is 0 Å². The van der Waals surface area contributed by atoms with Crippen molar-refractivity contribution in [2.24, 2.45) is 10.9 Å². The number of halogens is 1. The highest BCUT2D eigenvalue weighted by Crippen LogP contribution is 2.12. The molecule has 1 N–H and O–H groups in total. The number of hydrogen-bond donors (Lipinski definition) is 1. The molecule has 138 valence electrons. The van der Waals surface area contributed by atoms with Crippen molar-refractivity contribution in [2.45, 2.75) is 34.1 Å². The van der Waals surface area contributed by atoms with Gasteiger partial charge in [0, 0.05) is 63.3 Å². The third-order valence-electron chi connectivity index (χ3n) is 3.89. The van der Waals surface area contributed by atoms with Gasteiger partial charge in [-0.2, -0.15) is 0 Å². The highest BCUT2D eigenvalue weighted by atomic mass is 127. The van der Waals surface area contributed by atoms with E-state index < -0.39 is 0 Å². The number of aliphatic imine (C=N–C) groups is 1. The van der Waals surface area contributed by atoms with E-state index in [1.165, 1.54) is 16.4 Å². The average Bonchev–Trinajstić information content (AvgIpc) is 2.92. The number of aromatic nitrogens is 1. The lowest BCUT2D eigenvalue weighted by molar-refractivity contribution is 0.164. The van der Waals surface area contributed by atoms with Crippen molar-refractivity contribution in [1.82, 2.24) is 20.1 Å². The van der Waals surface area contributed by atoms with Gasteiger partial charge >= 0.3 is 0 Å². The standard InChI is InChI=1S/C17H31N5S.HI/c1-5-18-17(19-7-6-16-20-12-15(4)23-16)22-10-8-21(9-11-22)13-14(2)3;/h12,14H,5-11,13H2,1-4H3,(H,18,19);1H. The van der Waals surface area contributed by atoms with E-state index >= 15 is 0 Å². The van der Waals surface area contributed by atoms with Crippen molar-refractivity contribution in [2.75, 3.05) is 45.8 Å². The molecule has 1 aliphatic heterocycles. The van der Waals surface area contributed by atoms with E-state index in [2.05, 4.69) is 47.8 Å².